The van der Waals surface area contributed by atoms with Crippen LogP contribution in [0.4, 0.5) is 26.3 Å². The number of hydrogen-bond acceptors (Lipinski definition) is 0. The Balaban J connectivity index is 5.15. The Morgan fingerprint density at radius 2 is 1.38 bits per heavy atom. The molecule has 0 aromatic carbocycles. The van der Waals surface area contributed by atoms with Crippen LogP contribution in [0.5, 0.6) is 0 Å². The zero-order chi connectivity index (χ0) is 13.0. The largest absolute Gasteiger partial charge is 0.403 e. The number of allylic oxidation sites excluding steroid dienone is 2. The van der Waals surface area contributed by atoms with Crippen molar-refractivity contribution >= 4 is 0 Å². The molecule has 0 aliphatic rings. The van der Waals surface area contributed by atoms with Gasteiger partial charge in [0.1, 0.15) is 0 Å². The molecule has 6 heteroatoms. The van der Waals surface area contributed by atoms with Crippen LogP contribution in [0.15, 0.2) is 12.2 Å². The first-order valence-corrected chi connectivity index (χ1v) is 4.87. The Bertz CT molecular complexity index is 221. The molecule has 0 atom stereocenters. The van der Waals surface area contributed by atoms with Gasteiger partial charge in [0.25, 0.3) is 0 Å². The summed E-state index contributed by atoms with van der Waals surface area (Å²) in [6.07, 6.45) is -9.96. The fraction of sp³-hybridized carbons (Fsp3) is 0.800. The lowest BCUT2D eigenvalue weighted by molar-refractivity contribution is -0.344. The van der Waals surface area contributed by atoms with Crippen molar-refractivity contribution in [2.75, 3.05) is 0 Å². The second-order valence-electron chi connectivity index (χ2n) is 3.54. The van der Waals surface area contributed by atoms with Crippen molar-refractivity contribution in [1.29, 1.82) is 0 Å². The Morgan fingerprint density at radius 3 is 1.62 bits per heavy atom. The Hall–Kier alpha value is -0.680. The predicted molar refractivity (Wildman–Crippen MR) is 48.9 cm³/mol. The highest BCUT2D eigenvalue weighted by Gasteiger charge is 2.68. The van der Waals surface area contributed by atoms with Crippen molar-refractivity contribution in [2.45, 2.75) is 45.5 Å². The lowest BCUT2D eigenvalue weighted by Gasteiger charge is -2.36. The molecule has 0 amide bonds. The lowest BCUT2D eigenvalue weighted by Crippen LogP contribution is -2.49. The quantitative estimate of drug-likeness (QED) is 0.492. The highest BCUT2D eigenvalue weighted by Crippen LogP contribution is 2.55. The molecular formula is C10H14F6. The van der Waals surface area contributed by atoms with Crippen molar-refractivity contribution < 1.29 is 26.3 Å². The van der Waals surface area contributed by atoms with E-state index in [4.69, 9.17) is 0 Å². The molecule has 0 aliphatic heterocycles. The molecular weight excluding hydrogens is 234 g/mol. The minimum atomic E-state index is -5.26. The van der Waals surface area contributed by atoms with Crippen molar-refractivity contribution in [3.8, 4) is 0 Å². The third-order valence-corrected chi connectivity index (χ3v) is 2.66. The zero-order valence-corrected chi connectivity index (χ0v) is 9.04. The van der Waals surface area contributed by atoms with Crippen LogP contribution >= 0.6 is 0 Å². The van der Waals surface area contributed by atoms with Gasteiger partial charge in [-0.25, -0.2) is 0 Å². The van der Waals surface area contributed by atoms with Gasteiger partial charge in [-0.2, -0.15) is 26.3 Å². The fourth-order valence-electron chi connectivity index (χ4n) is 1.52. The van der Waals surface area contributed by atoms with Crippen LogP contribution in [-0.2, 0) is 0 Å². The van der Waals surface area contributed by atoms with Crippen LogP contribution in [0.3, 0.4) is 0 Å². The van der Waals surface area contributed by atoms with E-state index < -0.39 is 30.6 Å². The Kier molecular flexibility index (Phi) is 4.88. The number of hydrogen-bond donors (Lipinski definition) is 0. The molecule has 0 aliphatic carbocycles. The topological polar surface area (TPSA) is 0 Å². The maximum atomic E-state index is 12.6. The molecule has 0 bridgehead atoms. The first-order valence-electron chi connectivity index (χ1n) is 4.87. The summed E-state index contributed by atoms with van der Waals surface area (Å²) in [5.41, 5.74) is -3.58. The third-order valence-electron chi connectivity index (χ3n) is 2.66. The normalized spacial score (nSPS) is 14.8. The van der Waals surface area contributed by atoms with Gasteiger partial charge in [-0.05, 0) is 26.2 Å². The smallest absolute Gasteiger partial charge is 0.170 e. The molecule has 0 rings (SSSR count). The van der Waals surface area contributed by atoms with Gasteiger partial charge in [0.15, 0.2) is 5.41 Å². The van der Waals surface area contributed by atoms with Crippen LogP contribution in [0.25, 0.3) is 0 Å². The maximum absolute atomic E-state index is 12.6. The van der Waals surface area contributed by atoms with E-state index in [0.29, 0.717) is 0 Å². The number of halogens is 6. The van der Waals surface area contributed by atoms with Crippen LogP contribution in [0.1, 0.15) is 33.1 Å². The van der Waals surface area contributed by atoms with Crippen molar-refractivity contribution in [1.82, 2.24) is 0 Å². The van der Waals surface area contributed by atoms with Gasteiger partial charge >= 0.3 is 12.4 Å². The average molecular weight is 248 g/mol. The number of alkyl halides is 6. The number of rotatable bonds is 4. The van der Waals surface area contributed by atoms with Gasteiger partial charge in [0.05, 0.1) is 0 Å². The van der Waals surface area contributed by atoms with Crippen molar-refractivity contribution in [3.05, 3.63) is 12.2 Å². The van der Waals surface area contributed by atoms with Crippen LogP contribution in [-0.4, -0.2) is 12.4 Å². The molecule has 0 aromatic heterocycles. The first kappa shape index (κ1) is 15.3. The second kappa shape index (κ2) is 5.10. The van der Waals surface area contributed by atoms with Crippen LogP contribution in [0.2, 0.25) is 0 Å². The van der Waals surface area contributed by atoms with Gasteiger partial charge in [-0.3, -0.25) is 0 Å². The van der Waals surface area contributed by atoms with Gasteiger partial charge in [-0.15, -0.1) is 0 Å². The van der Waals surface area contributed by atoms with E-state index in [1.54, 1.807) is 6.92 Å². The predicted octanol–water partition coefficient (Wildman–Crippen LogP) is 4.86. The molecule has 0 saturated carbocycles. The average Bonchev–Trinajstić information content (AvgIpc) is 2.08. The summed E-state index contributed by atoms with van der Waals surface area (Å²) >= 11 is 0. The van der Waals surface area contributed by atoms with E-state index in [-0.39, 0.29) is 6.42 Å². The van der Waals surface area contributed by atoms with E-state index in [1.165, 1.54) is 12.2 Å². The molecule has 0 spiro atoms. The van der Waals surface area contributed by atoms with E-state index in [1.807, 2.05) is 0 Å². The minimum absolute atomic E-state index is 0.233. The molecule has 0 fully saturated rings. The van der Waals surface area contributed by atoms with Crippen LogP contribution < -0.4 is 0 Å². The third kappa shape index (κ3) is 2.92. The highest BCUT2D eigenvalue weighted by molar-refractivity contribution is 4.94. The van der Waals surface area contributed by atoms with Gasteiger partial charge in [-0.1, -0.05) is 19.1 Å². The first-order chi connectivity index (χ1) is 7.12. The van der Waals surface area contributed by atoms with Gasteiger partial charge in [0, 0.05) is 0 Å². The summed E-state index contributed by atoms with van der Waals surface area (Å²) < 4.78 is 75.3. The maximum Gasteiger partial charge on any atom is 0.403 e. The summed E-state index contributed by atoms with van der Waals surface area (Å²) in [4.78, 5) is 0. The van der Waals surface area contributed by atoms with E-state index in [2.05, 4.69) is 0 Å². The molecule has 0 saturated heterocycles. The van der Waals surface area contributed by atoms with E-state index >= 15 is 0 Å². The van der Waals surface area contributed by atoms with Gasteiger partial charge < -0.3 is 0 Å². The van der Waals surface area contributed by atoms with E-state index in [0.717, 1.165) is 6.92 Å². The highest BCUT2D eigenvalue weighted by atomic mass is 19.4. The Labute approximate surface area is 90.3 Å². The zero-order valence-electron chi connectivity index (χ0n) is 9.04. The monoisotopic (exact) mass is 248 g/mol. The summed E-state index contributed by atoms with van der Waals surface area (Å²) in [7, 11) is 0. The molecule has 0 radical (unpaired) electrons. The van der Waals surface area contributed by atoms with Gasteiger partial charge in [0.2, 0.25) is 0 Å². The fourth-order valence-corrected chi connectivity index (χ4v) is 1.52. The van der Waals surface area contributed by atoms with Crippen LogP contribution in [0, 0.1) is 5.41 Å². The second-order valence-corrected chi connectivity index (χ2v) is 3.54. The molecule has 0 nitrogen and oxygen atoms in total. The summed E-state index contributed by atoms with van der Waals surface area (Å²) in [5, 5.41) is 0. The van der Waals surface area contributed by atoms with Crippen molar-refractivity contribution in [3.63, 3.8) is 0 Å². The molecule has 0 heterocycles. The molecule has 96 valence electrons. The molecule has 0 N–H and O–H groups in total. The molecule has 0 unspecified atom stereocenters. The Morgan fingerprint density at radius 1 is 0.938 bits per heavy atom. The van der Waals surface area contributed by atoms with E-state index in [9.17, 15) is 26.3 Å². The summed E-state index contributed by atoms with van der Waals surface area (Å²) in [6.45, 7) is 2.46. The standard InChI is InChI=1S/C10H14F6/c1-3-5-6-7-8(4-2,9(11,12)13)10(14,15)16/h3,5H,4,6-7H2,1-2H3. The summed E-state index contributed by atoms with van der Waals surface area (Å²) in [5.74, 6) is 0. The summed E-state index contributed by atoms with van der Waals surface area (Å²) in [6, 6.07) is 0. The van der Waals surface area contributed by atoms with Crippen molar-refractivity contribution in [2.24, 2.45) is 5.41 Å². The SMILES string of the molecule is CC=CCCC(CC)(C(F)(F)F)C(F)(F)F. The molecule has 16 heavy (non-hydrogen) atoms. The molecule has 0 aromatic rings. The lowest BCUT2D eigenvalue weighted by atomic mass is 9.79. The minimum Gasteiger partial charge on any atom is -0.170 e.